The van der Waals surface area contributed by atoms with Gasteiger partial charge in [0.15, 0.2) is 5.75 Å². The Labute approximate surface area is 122 Å². The van der Waals surface area contributed by atoms with Crippen LogP contribution in [0.15, 0.2) is 24.4 Å². The van der Waals surface area contributed by atoms with Crippen molar-refractivity contribution >= 4 is 5.69 Å². The molecule has 0 aliphatic rings. The van der Waals surface area contributed by atoms with Crippen LogP contribution in [-0.2, 0) is 6.18 Å². The minimum atomic E-state index is -4.57. The molecule has 1 heterocycles. The number of alkyl halides is 3. The van der Waals surface area contributed by atoms with E-state index in [1.807, 2.05) is 0 Å². The minimum absolute atomic E-state index is 0.0122. The number of nitro benzene ring substituents is 1. The van der Waals surface area contributed by atoms with Gasteiger partial charge in [-0.25, -0.2) is 4.98 Å². The maximum absolute atomic E-state index is 12.5. The van der Waals surface area contributed by atoms with Gasteiger partial charge in [-0.2, -0.15) is 13.2 Å². The SMILES string of the molecule is NCCOc1ccc(-c2ncc(C(F)(F)F)[nH]2)cc1[N+](=O)[O-]. The summed E-state index contributed by atoms with van der Waals surface area (Å²) < 4.78 is 42.7. The van der Waals surface area contributed by atoms with Gasteiger partial charge in [-0.05, 0) is 12.1 Å². The number of nitrogens with one attached hydrogen (secondary N) is 1. The van der Waals surface area contributed by atoms with Crippen molar-refractivity contribution in [1.82, 2.24) is 9.97 Å². The molecule has 1 aromatic heterocycles. The van der Waals surface area contributed by atoms with Gasteiger partial charge in [0.2, 0.25) is 0 Å². The molecule has 0 atom stereocenters. The van der Waals surface area contributed by atoms with E-state index in [2.05, 4.69) is 9.97 Å². The molecule has 0 amide bonds. The molecule has 0 radical (unpaired) electrons. The van der Waals surface area contributed by atoms with Gasteiger partial charge in [0, 0.05) is 18.2 Å². The van der Waals surface area contributed by atoms with Gasteiger partial charge in [0.1, 0.15) is 18.1 Å². The number of ether oxygens (including phenoxy) is 1. The lowest BCUT2D eigenvalue weighted by molar-refractivity contribution is -0.385. The molecular formula is C12H11F3N4O3. The average Bonchev–Trinajstić information content (AvgIpc) is 2.94. The van der Waals surface area contributed by atoms with E-state index >= 15 is 0 Å². The molecule has 0 fully saturated rings. The Hall–Kier alpha value is -2.62. The van der Waals surface area contributed by atoms with E-state index in [9.17, 15) is 23.3 Å². The second-order valence-corrected chi connectivity index (χ2v) is 4.22. The second kappa shape index (κ2) is 6.02. The lowest BCUT2D eigenvalue weighted by Crippen LogP contribution is -2.11. The van der Waals surface area contributed by atoms with Gasteiger partial charge in [-0.15, -0.1) is 0 Å². The molecule has 0 bridgehead atoms. The Balaban J connectivity index is 2.38. The molecule has 0 spiro atoms. The van der Waals surface area contributed by atoms with Gasteiger partial charge in [0.25, 0.3) is 0 Å². The third-order valence-electron chi connectivity index (χ3n) is 2.69. The van der Waals surface area contributed by atoms with E-state index in [0.717, 1.165) is 6.07 Å². The number of nitrogens with zero attached hydrogens (tertiary/aromatic N) is 2. The summed E-state index contributed by atoms with van der Waals surface area (Å²) in [5.74, 6) is -0.136. The first-order chi connectivity index (χ1) is 10.3. The Bertz CT molecular complexity index is 684. The van der Waals surface area contributed by atoms with Gasteiger partial charge >= 0.3 is 11.9 Å². The molecule has 0 aliphatic heterocycles. The summed E-state index contributed by atoms with van der Waals surface area (Å²) in [5.41, 5.74) is 3.98. The highest BCUT2D eigenvalue weighted by molar-refractivity contribution is 5.63. The van der Waals surface area contributed by atoms with E-state index in [0.29, 0.717) is 6.20 Å². The number of imidazole rings is 1. The van der Waals surface area contributed by atoms with E-state index in [1.165, 1.54) is 12.1 Å². The van der Waals surface area contributed by atoms with E-state index in [-0.39, 0.29) is 36.0 Å². The summed E-state index contributed by atoms with van der Waals surface area (Å²) in [6.07, 6.45) is -3.94. The zero-order valence-electron chi connectivity index (χ0n) is 11.1. The predicted octanol–water partition coefficient (Wildman–Crippen LogP) is 2.34. The van der Waals surface area contributed by atoms with Crippen molar-refractivity contribution in [2.45, 2.75) is 6.18 Å². The number of benzene rings is 1. The minimum Gasteiger partial charge on any atom is -0.485 e. The number of aromatic amines is 1. The normalized spacial score (nSPS) is 11.5. The van der Waals surface area contributed by atoms with Crippen LogP contribution in [0, 0.1) is 10.1 Å². The number of aromatic nitrogens is 2. The number of rotatable bonds is 5. The number of nitrogens with two attached hydrogens (primary N) is 1. The first-order valence-corrected chi connectivity index (χ1v) is 6.07. The maximum atomic E-state index is 12.5. The number of nitro groups is 1. The Morgan fingerprint density at radius 3 is 2.68 bits per heavy atom. The fraction of sp³-hybridized carbons (Fsp3) is 0.250. The maximum Gasteiger partial charge on any atom is 0.432 e. The molecule has 7 nitrogen and oxygen atoms in total. The van der Waals surface area contributed by atoms with Crippen LogP contribution in [0.2, 0.25) is 0 Å². The molecule has 0 saturated heterocycles. The Kier molecular flexibility index (Phi) is 4.31. The second-order valence-electron chi connectivity index (χ2n) is 4.22. The number of halogens is 3. The molecule has 0 unspecified atom stereocenters. The van der Waals surface area contributed by atoms with Crippen LogP contribution in [0.25, 0.3) is 11.4 Å². The monoisotopic (exact) mass is 316 g/mol. The van der Waals surface area contributed by atoms with Crippen LogP contribution >= 0.6 is 0 Å². The van der Waals surface area contributed by atoms with Crippen LogP contribution in [0.3, 0.4) is 0 Å². The number of H-pyrrole nitrogens is 1. The van der Waals surface area contributed by atoms with Gasteiger partial charge in [0.05, 0.1) is 11.1 Å². The van der Waals surface area contributed by atoms with Crippen molar-refractivity contribution in [3.63, 3.8) is 0 Å². The molecule has 10 heteroatoms. The lowest BCUT2D eigenvalue weighted by atomic mass is 10.2. The topological polar surface area (TPSA) is 107 Å². The van der Waals surface area contributed by atoms with E-state index in [4.69, 9.17) is 10.5 Å². The standard InChI is InChI=1S/C12H11F3N4O3/c13-12(14,15)10-6-17-11(18-10)7-1-2-9(22-4-3-16)8(5-7)19(20)21/h1-2,5-6H,3-4,16H2,(H,17,18). The molecule has 0 saturated carbocycles. The molecule has 3 N–H and O–H groups in total. The van der Waals surface area contributed by atoms with E-state index < -0.39 is 16.8 Å². The average molecular weight is 316 g/mol. The van der Waals surface area contributed by atoms with Crippen molar-refractivity contribution in [1.29, 1.82) is 0 Å². The smallest absolute Gasteiger partial charge is 0.432 e. The Morgan fingerprint density at radius 2 is 2.14 bits per heavy atom. The quantitative estimate of drug-likeness (QED) is 0.650. The van der Waals surface area contributed by atoms with Crippen molar-refractivity contribution in [3.05, 3.63) is 40.2 Å². The van der Waals surface area contributed by atoms with Gasteiger partial charge < -0.3 is 15.5 Å². The summed E-state index contributed by atoms with van der Waals surface area (Å²) in [7, 11) is 0. The molecule has 22 heavy (non-hydrogen) atoms. The Morgan fingerprint density at radius 1 is 1.41 bits per heavy atom. The van der Waals surface area contributed by atoms with Crippen molar-refractivity contribution < 1.29 is 22.8 Å². The molecule has 0 aliphatic carbocycles. The number of hydrogen-bond donors (Lipinski definition) is 2. The first-order valence-electron chi connectivity index (χ1n) is 6.07. The molecular weight excluding hydrogens is 305 g/mol. The molecule has 2 rings (SSSR count). The summed E-state index contributed by atoms with van der Waals surface area (Å²) in [6, 6.07) is 3.75. The fourth-order valence-corrected chi connectivity index (χ4v) is 1.71. The zero-order chi connectivity index (χ0) is 16.3. The third kappa shape index (κ3) is 3.34. The first kappa shape index (κ1) is 15.8. The predicted molar refractivity (Wildman–Crippen MR) is 70.2 cm³/mol. The van der Waals surface area contributed by atoms with Crippen molar-refractivity contribution in [2.75, 3.05) is 13.2 Å². The highest BCUT2D eigenvalue weighted by Gasteiger charge is 2.33. The van der Waals surface area contributed by atoms with Gasteiger partial charge in [-0.3, -0.25) is 10.1 Å². The summed E-state index contributed by atoms with van der Waals surface area (Å²) in [6.45, 7) is 0.255. The fourth-order valence-electron chi connectivity index (χ4n) is 1.71. The van der Waals surface area contributed by atoms with Gasteiger partial charge in [-0.1, -0.05) is 0 Å². The van der Waals surface area contributed by atoms with Crippen LogP contribution in [0.4, 0.5) is 18.9 Å². The van der Waals surface area contributed by atoms with Crippen LogP contribution in [-0.4, -0.2) is 28.0 Å². The largest absolute Gasteiger partial charge is 0.485 e. The number of hydrogen-bond acceptors (Lipinski definition) is 5. The zero-order valence-corrected chi connectivity index (χ0v) is 11.1. The molecule has 118 valence electrons. The third-order valence-corrected chi connectivity index (χ3v) is 2.69. The molecule has 1 aromatic carbocycles. The lowest BCUT2D eigenvalue weighted by Gasteiger charge is -2.06. The highest BCUT2D eigenvalue weighted by Crippen LogP contribution is 2.33. The molecule has 2 aromatic rings. The van der Waals surface area contributed by atoms with Crippen LogP contribution < -0.4 is 10.5 Å². The summed E-state index contributed by atoms with van der Waals surface area (Å²) >= 11 is 0. The highest BCUT2D eigenvalue weighted by atomic mass is 19.4. The van der Waals surface area contributed by atoms with E-state index in [1.54, 1.807) is 0 Å². The summed E-state index contributed by atoms with van der Waals surface area (Å²) in [4.78, 5) is 16.0. The van der Waals surface area contributed by atoms with Crippen LogP contribution in [0.1, 0.15) is 5.69 Å². The van der Waals surface area contributed by atoms with Crippen molar-refractivity contribution in [2.24, 2.45) is 5.73 Å². The van der Waals surface area contributed by atoms with Crippen LogP contribution in [0.5, 0.6) is 5.75 Å². The summed E-state index contributed by atoms with van der Waals surface area (Å²) in [5, 5.41) is 11.0. The van der Waals surface area contributed by atoms with Crippen molar-refractivity contribution in [3.8, 4) is 17.1 Å².